The van der Waals surface area contributed by atoms with E-state index in [1.807, 2.05) is 6.92 Å². The van der Waals surface area contributed by atoms with Crippen LogP contribution in [0.3, 0.4) is 0 Å². The number of aromatic nitrogens is 5. The first kappa shape index (κ1) is 18.8. The minimum atomic E-state index is -3.30. The highest BCUT2D eigenvalue weighted by atomic mass is 32.2. The molecule has 28 heavy (non-hydrogen) atoms. The summed E-state index contributed by atoms with van der Waals surface area (Å²) in [5.41, 5.74) is 2.75. The largest absolute Gasteiger partial charge is 0.318 e. The van der Waals surface area contributed by atoms with Crippen molar-refractivity contribution in [3.63, 3.8) is 0 Å². The number of nitrogens with zero attached hydrogens (tertiary/aromatic N) is 5. The van der Waals surface area contributed by atoms with Crippen molar-refractivity contribution in [3.05, 3.63) is 39.7 Å². The Morgan fingerprint density at radius 2 is 1.89 bits per heavy atom. The molecule has 0 unspecified atom stereocenters. The average Bonchev–Trinajstić information content (AvgIpc) is 3.35. The minimum absolute atomic E-state index is 0.0872. The third kappa shape index (κ3) is 3.58. The van der Waals surface area contributed by atoms with Crippen LogP contribution in [0, 0.1) is 19.8 Å². The Morgan fingerprint density at radius 1 is 1.18 bits per heavy atom. The third-order valence-electron chi connectivity index (χ3n) is 5.01. The molecule has 8 nitrogen and oxygen atoms in total. The van der Waals surface area contributed by atoms with Crippen LogP contribution in [-0.4, -0.2) is 38.8 Å². The van der Waals surface area contributed by atoms with Crippen molar-refractivity contribution in [2.45, 2.75) is 39.0 Å². The summed E-state index contributed by atoms with van der Waals surface area (Å²) in [6.45, 7) is 4.47. The fraction of sp³-hybridized carbons (Fsp3) is 0.474. The van der Waals surface area contributed by atoms with E-state index in [2.05, 4.69) is 14.5 Å². The summed E-state index contributed by atoms with van der Waals surface area (Å²) in [7, 11) is -1.62. The van der Waals surface area contributed by atoms with Gasteiger partial charge in [-0.25, -0.2) is 23.4 Å². The standard InChI is InChI=1S/C19H23N5O3S/c1-11-7-14(9-23(3)19(11)25)17-21-15(10-28(4,26)27)16-18(22-17)24(12(2)20-16)8-13-5-6-13/h7,9,13H,5-6,8,10H2,1-4H3. The second-order valence-electron chi connectivity index (χ2n) is 7.78. The maximum absolute atomic E-state index is 12.0. The number of hydrogen-bond acceptors (Lipinski definition) is 6. The molecule has 0 radical (unpaired) electrons. The maximum atomic E-state index is 12.0. The molecule has 4 rings (SSSR count). The molecule has 0 spiro atoms. The molecule has 3 aromatic rings. The topological polar surface area (TPSA) is 99.7 Å². The van der Waals surface area contributed by atoms with E-state index in [4.69, 9.17) is 4.98 Å². The number of aryl methyl sites for hydroxylation is 3. The lowest BCUT2D eigenvalue weighted by Gasteiger charge is -2.09. The molecule has 1 aliphatic carbocycles. The predicted molar refractivity (Wildman–Crippen MR) is 107 cm³/mol. The van der Waals surface area contributed by atoms with Gasteiger partial charge in [0.1, 0.15) is 11.3 Å². The maximum Gasteiger partial charge on any atom is 0.253 e. The van der Waals surface area contributed by atoms with E-state index in [-0.39, 0.29) is 11.3 Å². The van der Waals surface area contributed by atoms with E-state index in [9.17, 15) is 13.2 Å². The van der Waals surface area contributed by atoms with E-state index >= 15 is 0 Å². The first-order valence-electron chi connectivity index (χ1n) is 9.21. The van der Waals surface area contributed by atoms with Crippen molar-refractivity contribution in [1.29, 1.82) is 0 Å². The lowest BCUT2D eigenvalue weighted by molar-refractivity contribution is 0.600. The molecule has 0 atom stereocenters. The van der Waals surface area contributed by atoms with Crippen LogP contribution < -0.4 is 5.56 Å². The van der Waals surface area contributed by atoms with Crippen molar-refractivity contribution < 1.29 is 8.42 Å². The normalized spacial score (nSPS) is 14.7. The molecular weight excluding hydrogens is 378 g/mol. The van der Waals surface area contributed by atoms with Crippen molar-refractivity contribution in [2.24, 2.45) is 13.0 Å². The molecular formula is C19H23N5O3S. The van der Waals surface area contributed by atoms with E-state index in [0.29, 0.717) is 39.7 Å². The molecule has 0 N–H and O–H groups in total. The summed E-state index contributed by atoms with van der Waals surface area (Å²) in [6, 6.07) is 1.74. The van der Waals surface area contributed by atoms with E-state index in [0.717, 1.165) is 12.4 Å². The second kappa shape index (κ2) is 6.51. The fourth-order valence-corrected chi connectivity index (χ4v) is 4.12. The monoisotopic (exact) mass is 401 g/mol. The Kier molecular flexibility index (Phi) is 4.37. The first-order valence-corrected chi connectivity index (χ1v) is 11.3. The molecule has 0 amide bonds. The van der Waals surface area contributed by atoms with Gasteiger partial charge in [-0.1, -0.05) is 0 Å². The Labute approximate surface area is 163 Å². The van der Waals surface area contributed by atoms with Gasteiger partial charge in [0.15, 0.2) is 21.3 Å². The zero-order chi connectivity index (χ0) is 20.2. The van der Waals surface area contributed by atoms with Crippen LogP contribution in [0.1, 0.15) is 29.9 Å². The summed E-state index contributed by atoms with van der Waals surface area (Å²) in [5, 5.41) is 0. The van der Waals surface area contributed by atoms with Crippen molar-refractivity contribution in [2.75, 3.05) is 6.26 Å². The Balaban J connectivity index is 1.97. The van der Waals surface area contributed by atoms with Gasteiger partial charge in [-0.15, -0.1) is 0 Å². The van der Waals surface area contributed by atoms with Gasteiger partial charge >= 0.3 is 0 Å². The molecule has 0 aliphatic heterocycles. The zero-order valence-corrected chi connectivity index (χ0v) is 17.2. The average molecular weight is 401 g/mol. The van der Waals surface area contributed by atoms with E-state index in [1.54, 1.807) is 26.2 Å². The zero-order valence-electron chi connectivity index (χ0n) is 16.4. The van der Waals surface area contributed by atoms with Gasteiger partial charge in [-0.2, -0.15) is 0 Å². The molecule has 1 fully saturated rings. The van der Waals surface area contributed by atoms with Crippen LogP contribution >= 0.6 is 0 Å². The van der Waals surface area contributed by atoms with Gasteiger partial charge in [0.25, 0.3) is 5.56 Å². The van der Waals surface area contributed by atoms with Crippen LogP contribution in [0.15, 0.2) is 17.1 Å². The molecule has 148 valence electrons. The number of rotatable bonds is 5. The predicted octanol–water partition coefficient (Wildman–Crippen LogP) is 1.76. The van der Waals surface area contributed by atoms with Crippen LogP contribution in [0.2, 0.25) is 0 Å². The second-order valence-corrected chi connectivity index (χ2v) is 9.92. The molecule has 9 heteroatoms. The van der Waals surface area contributed by atoms with Gasteiger partial charge < -0.3 is 9.13 Å². The summed E-state index contributed by atoms with van der Waals surface area (Å²) in [4.78, 5) is 25.9. The molecule has 0 saturated heterocycles. The van der Waals surface area contributed by atoms with Gasteiger partial charge in [-0.3, -0.25) is 4.79 Å². The van der Waals surface area contributed by atoms with Crippen LogP contribution in [0.4, 0.5) is 0 Å². The van der Waals surface area contributed by atoms with Crippen molar-refractivity contribution in [3.8, 4) is 11.4 Å². The highest BCUT2D eigenvalue weighted by Gasteiger charge is 2.26. The van der Waals surface area contributed by atoms with Gasteiger partial charge in [0.05, 0.1) is 11.4 Å². The van der Waals surface area contributed by atoms with E-state index in [1.165, 1.54) is 23.7 Å². The minimum Gasteiger partial charge on any atom is -0.318 e. The highest BCUT2D eigenvalue weighted by molar-refractivity contribution is 7.89. The summed E-state index contributed by atoms with van der Waals surface area (Å²) >= 11 is 0. The molecule has 0 bridgehead atoms. The Morgan fingerprint density at radius 3 is 2.50 bits per heavy atom. The van der Waals surface area contributed by atoms with Gasteiger partial charge in [-0.05, 0) is 38.7 Å². The van der Waals surface area contributed by atoms with Gasteiger partial charge in [0.2, 0.25) is 0 Å². The quantitative estimate of drug-likeness (QED) is 0.646. The molecule has 3 aromatic heterocycles. The van der Waals surface area contributed by atoms with E-state index < -0.39 is 9.84 Å². The number of pyridine rings is 1. The Hall–Kier alpha value is -2.55. The Bertz CT molecular complexity index is 1230. The van der Waals surface area contributed by atoms with Crippen LogP contribution in [-0.2, 0) is 29.2 Å². The number of fused-ring (bicyclic) bond motifs is 1. The molecule has 3 heterocycles. The summed E-state index contributed by atoms with van der Waals surface area (Å²) in [6.07, 6.45) is 5.24. The first-order chi connectivity index (χ1) is 13.1. The molecule has 0 aromatic carbocycles. The summed E-state index contributed by atoms with van der Waals surface area (Å²) in [5.74, 6) is 1.62. The lowest BCUT2D eigenvalue weighted by Crippen LogP contribution is -2.18. The highest BCUT2D eigenvalue weighted by Crippen LogP contribution is 2.33. The number of sulfone groups is 1. The smallest absolute Gasteiger partial charge is 0.253 e. The van der Waals surface area contributed by atoms with Crippen molar-refractivity contribution >= 4 is 21.0 Å². The van der Waals surface area contributed by atoms with Crippen LogP contribution in [0.25, 0.3) is 22.6 Å². The summed E-state index contributed by atoms with van der Waals surface area (Å²) < 4.78 is 27.5. The van der Waals surface area contributed by atoms with Crippen LogP contribution in [0.5, 0.6) is 0 Å². The lowest BCUT2D eigenvalue weighted by atomic mass is 10.2. The van der Waals surface area contributed by atoms with Crippen molar-refractivity contribution in [1.82, 2.24) is 24.1 Å². The fourth-order valence-electron chi connectivity index (χ4n) is 3.42. The number of imidazole rings is 1. The number of hydrogen-bond donors (Lipinski definition) is 0. The molecule has 1 aliphatic rings. The SMILES string of the molecule is Cc1cc(-c2nc(CS(C)(=O)=O)c3nc(C)n(CC4CC4)c3n2)cn(C)c1=O. The molecule has 1 saturated carbocycles. The van der Waals surface area contributed by atoms with Gasteiger partial charge in [0, 0.05) is 37.2 Å². The third-order valence-corrected chi connectivity index (χ3v) is 5.81.